The number of allylic oxidation sites excluding steroid dienone is 2. The second kappa shape index (κ2) is 9.63. The standard InChI is InChI=1S/C19H25N5O3/c1-12-6-7-17(23-11-12)22-9-8-13(20)10-15(21)18(25)24-16-5-3-2-4-14(16)19(26)27/h6-9,11,15H,2-5,10,20-21H2,1H3,(H,24,25)(H,26,27)/b13-8-,22-9?. The molecule has 1 amide bonds. The molecule has 0 radical (unpaired) electrons. The van der Waals surface area contributed by atoms with Crippen molar-refractivity contribution in [3.63, 3.8) is 0 Å². The Balaban J connectivity index is 1.92. The fraction of sp³-hybridized carbons (Fsp3) is 0.368. The lowest BCUT2D eigenvalue weighted by Gasteiger charge is -2.20. The van der Waals surface area contributed by atoms with Crippen molar-refractivity contribution in [1.82, 2.24) is 10.3 Å². The molecule has 144 valence electrons. The highest BCUT2D eigenvalue weighted by Crippen LogP contribution is 2.23. The van der Waals surface area contributed by atoms with Gasteiger partial charge in [0.05, 0.1) is 11.6 Å². The first kappa shape index (κ1) is 20.3. The molecule has 1 aliphatic rings. The van der Waals surface area contributed by atoms with Gasteiger partial charge in [-0.3, -0.25) is 4.79 Å². The van der Waals surface area contributed by atoms with E-state index in [1.54, 1.807) is 18.3 Å². The van der Waals surface area contributed by atoms with Crippen molar-refractivity contribution in [3.05, 3.63) is 46.9 Å². The van der Waals surface area contributed by atoms with E-state index >= 15 is 0 Å². The van der Waals surface area contributed by atoms with Gasteiger partial charge < -0.3 is 21.9 Å². The van der Waals surface area contributed by atoms with E-state index < -0.39 is 17.9 Å². The minimum Gasteiger partial charge on any atom is -0.478 e. The van der Waals surface area contributed by atoms with Crippen molar-refractivity contribution >= 4 is 23.9 Å². The van der Waals surface area contributed by atoms with Gasteiger partial charge in [-0.25, -0.2) is 14.8 Å². The van der Waals surface area contributed by atoms with Gasteiger partial charge in [-0.05, 0) is 50.3 Å². The SMILES string of the molecule is Cc1ccc(N=C/C=C(\N)CC(N)C(=O)NC2=C(C(=O)O)CCCC2)nc1. The Morgan fingerprint density at radius 2 is 2.11 bits per heavy atom. The molecule has 0 aromatic carbocycles. The molecule has 27 heavy (non-hydrogen) atoms. The van der Waals surface area contributed by atoms with Crippen LogP contribution in [0.25, 0.3) is 0 Å². The molecule has 0 bridgehead atoms. The van der Waals surface area contributed by atoms with E-state index in [-0.39, 0.29) is 12.0 Å². The highest BCUT2D eigenvalue weighted by atomic mass is 16.4. The van der Waals surface area contributed by atoms with E-state index in [0.29, 0.717) is 30.1 Å². The number of aryl methyl sites for hydroxylation is 1. The van der Waals surface area contributed by atoms with Gasteiger partial charge in [0.1, 0.15) is 0 Å². The molecule has 2 rings (SSSR count). The maximum atomic E-state index is 12.3. The maximum absolute atomic E-state index is 12.3. The summed E-state index contributed by atoms with van der Waals surface area (Å²) in [6.07, 6.45) is 7.54. The van der Waals surface area contributed by atoms with Crippen LogP contribution in [-0.4, -0.2) is 34.2 Å². The minimum atomic E-state index is -1.00. The minimum absolute atomic E-state index is 0.134. The zero-order chi connectivity index (χ0) is 19.8. The third-order valence-electron chi connectivity index (χ3n) is 4.18. The van der Waals surface area contributed by atoms with E-state index in [2.05, 4.69) is 15.3 Å². The lowest BCUT2D eigenvalue weighted by Crippen LogP contribution is -2.42. The molecule has 1 heterocycles. The molecule has 1 aliphatic carbocycles. The monoisotopic (exact) mass is 371 g/mol. The molecule has 0 fully saturated rings. The Kier molecular flexibility index (Phi) is 7.25. The first-order chi connectivity index (χ1) is 12.9. The second-order valence-electron chi connectivity index (χ2n) is 6.48. The molecule has 0 saturated carbocycles. The Hall–Kier alpha value is -3.00. The topological polar surface area (TPSA) is 144 Å². The number of carboxylic acid groups (broad SMARTS) is 1. The summed E-state index contributed by atoms with van der Waals surface area (Å²) in [7, 11) is 0. The number of nitrogens with two attached hydrogens (primary N) is 2. The molecule has 8 nitrogen and oxygen atoms in total. The average molecular weight is 371 g/mol. The smallest absolute Gasteiger partial charge is 0.333 e. The average Bonchev–Trinajstić information content (AvgIpc) is 2.63. The van der Waals surface area contributed by atoms with Gasteiger partial charge in [0, 0.05) is 30.2 Å². The highest BCUT2D eigenvalue weighted by Gasteiger charge is 2.22. The second-order valence-corrected chi connectivity index (χ2v) is 6.48. The predicted molar refractivity (Wildman–Crippen MR) is 103 cm³/mol. The van der Waals surface area contributed by atoms with Crippen LogP contribution in [0.15, 0.2) is 46.4 Å². The normalized spacial score (nSPS) is 16.4. The summed E-state index contributed by atoms with van der Waals surface area (Å²) in [5, 5.41) is 11.9. The molecular formula is C19H25N5O3. The summed E-state index contributed by atoms with van der Waals surface area (Å²) in [5.74, 6) is -0.893. The van der Waals surface area contributed by atoms with Gasteiger partial charge in [0.15, 0.2) is 5.82 Å². The summed E-state index contributed by atoms with van der Waals surface area (Å²) in [5.41, 5.74) is 13.9. The number of amides is 1. The van der Waals surface area contributed by atoms with Gasteiger partial charge in [-0.1, -0.05) is 6.07 Å². The van der Waals surface area contributed by atoms with Gasteiger partial charge in [-0.15, -0.1) is 0 Å². The number of hydrogen-bond donors (Lipinski definition) is 4. The summed E-state index contributed by atoms with van der Waals surface area (Å²) in [6.45, 7) is 1.94. The summed E-state index contributed by atoms with van der Waals surface area (Å²) in [6, 6.07) is 2.81. The van der Waals surface area contributed by atoms with E-state index in [0.717, 1.165) is 18.4 Å². The highest BCUT2D eigenvalue weighted by molar-refractivity contribution is 5.90. The molecule has 6 N–H and O–H groups in total. The van der Waals surface area contributed by atoms with E-state index in [9.17, 15) is 14.7 Å². The Morgan fingerprint density at radius 1 is 1.37 bits per heavy atom. The fourth-order valence-corrected chi connectivity index (χ4v) is 2.68. The maximum Gasteiger partial charge on any atom is 0.333 e. The summed E-state index contributed by atoms with van der Waals surface area (Å²) >= 11 is 0. The third kappa shape index (κ3) is 6.34. The van der Waals surface area contributed by atoms with Crippen LogP contribution in [-0.2, 0) is 9.59 Å². The first-order valence-electron chi connectivity index (χ1n) is 8.80. The van der Waals surface area contributed by atoms with Gasteiger partial charge in [0.25, 0.3) is 0 Å². The molecule has 0 aliphatic heterocycles. The molecule has 1 atom stereocenters. The zero-order valence-electron chi connectivity index (χ0n) is 15.3. The molecule has 1 aromatic rings. The molecule has 1 unspecified atom stereocenters. The van der Waals surface area contributed by atoms with Crippen molar-refractivity contribution in [2.75, 3.05) is 0 Å². The van der Waals surface area contributed by atoms with E-state index in [4.69, 9.17) is 11.5 Å². The number of carbonyl (C=O) groups excluding carboxylic acids is 1. The van der Waals surface area contributed by atoms with Gasteiger partial charge in [-0.2, -0.15) is 0 Å². The van der Waals surface area contributed by atoms with Crippen molar-refractivity contribution in [3.8, 4) is 0 Å². The predicted octanol–water partition coefficient (Wildman–Crippen LogP) is 1.68. The number of carboxylic acids is 1. The van der Waals surface area contributed by atoms with Crippen molar-refractivity contribution in [1.29, 1.82) is 0 Å². The molecule has 0 saturated heterocycles. The van der Waals surface area contributed by atoms with Crippen molar-refractivity contribution < 1.29 is 14.7 Å². The van der Waals surface area contributed by atoms with Crippen LogP contribution >= 0.6 is 0 Å². The number of hydrogen-bond acceptors (Lipinski definition) is 6. The Bertz CT molecular complexity index is 781. The number of nitrogens with zero attached hydrogens (tertiary/aromatic N) is 2. The number of rotatable bonds is 7. The summed E-state index contributed by atoms with van der Waals surface area (Å²) < 4.78 is 0. The first-order valence-corrected chi connectivity index (χ1v) is 8.80. The van der Waals surface area contributed by atoms with Crippen LogP contribution in [0, 0.1) is 6.92 Å². The largest absolute Gasteiger partial charge is 0.478 e. The lowest BCUT2D eigenvalue weighted by atomic mass is 9.96. The van der Waals surface area contributed by atoms with Crippen LogP contribution in [0.4, 0.5) is 5.82 Å². The van der Waals surface area contributed by atoms with Crippen LogP contribution in [0.1, 0.15) is 37.7 Å². The number of aliphatic imine (C=N–C) groups is 1. The van der Waals surface area contributed by atoms with Crippen LogP contribution in [0.5, 0.6) is 0 Å². The molecule has 1 aromatic heterocycles. The number of aliphatic carboxylic acids is 1. The quantitative estimate of drug-likeness (QED) is 0.537. The molecule has 0 spiro atoms. The van der Waals surface area contributed by atoms with Crippen molar-refractivity contribution in [2.24, 2.45) is 16.5 Å². The lowest BCUT2D eigenvalue weighted by molar-refractivity contribution is -0.133. The van der Waals surface area contributed by atoms with Crippen LogP contribution < -0.4 is 16.8 Å². The Labute approximate surface area is 158 Å². The number of aromatic nitrogens is 1. The van der Waals surface area contributed by atoms with E-state index in [1.807, 2.05) is 13.0 Å². The number of pyridine rings is 1. The number of carbonyl (C=O) groups is 2. The third-order valence-corrected chi connectivity index (χ3v) is 4.18. The number of nitrogens with one attached hydrogen (secondary N) is 1. The van der Waals surface area contributed by atoms with E-state index in [1.165, 1.54) is 6.21 Å². The zero-order valence-corrected chi connectivity index (χ0v) is 15.3. The van der Waals surface area contributed by atoms with Gasteiger partial charge >= 0.3 is 5.97 Å². The fourth-order valence-electron chi connectivity index (χ4n) is 2.68. The van der Waals surface area contributed by atoms with Gasteiger partial charge in [0.2, 0.25) is 5.91 Å². The molecule has 8 heteroatoms. The van der Waals surface area contributed by atoms with Crippen molar-refractivity contribution in [2.45, 2.75) is 45.1 Å². The van der Waals surface area contributed by atoms with Crippen LogP contribution in [0.3, 0.4) is 0 Å². The Morgan fingerprint density at radius 3 is 2.78 bits per heavy atom. The summed E-state index contributed by atoms with van der Waals surface area (Å²) in [4.78, 5) is 31.8. The molecular weight excluding hydrogens is 346 g/mol. The van der Waals surface area contributed by atoms with Crippen LogP contribution in [0.2, 0.25) is 0 Å².